The smallest absolute Gasteiger partial charge is 0.475 e. The summed E-state index contributed by atoms with van der Waals surface area (Å²) in [6.45, 7) is 6.03. The maximum Gasteiger partial charge on any atom is 0.490 e. The molecule has 3 N–H and O–H groups in total. The van der Waals surface area contributed by atoms with E-state index in [0.717, 1.165) is 40.1 Å². The molecule has 0 aliphatic carbocycles. The van der Waals surface area contributed by atoms with E-state index in [1.165, 1.54) is 10.6 Å². The summed E-state index contributed by atoms with van der Waals surface area (Å²) < 4.78 is 76.9. The van der Waals surface area contributed by atoms with Crippen molar-refractivity contribution in [3.05, 3.63) is 81.8 Å². The SMILES string of the molecule is CCN(CC)CCn1c(=O)n(Cc2cccc3ccccc23)c2c(C(F)(F)F)cc(C(N)=O)cc21.O=C(O)C(F)(F)F. The Morgan fingerprint density at radius 3 is 2.07 bits per heavy atom. The van der Waals surface area contributed by atoms with Crippen LogP contribution in [0, 0.1) is 0 Å². The molecule has 0 atom stereocenters. The van der Waals surface area contributed by atoms with Crippen LogP contribution in [0.15, 0.2) is 59.4 Å². The van der Waals surface area contributed by atoms with Gasteiger partial charge < -0.3 is 15.7 Å². The molecular formula is C28H28F6N4O4. The summed E-state index contributed by atoms with van der Waals surface area (Å²) in [6.07, 6.45) is -9.87. The Morgan fingerprint density at radius 1 is 0.929 bits per heavy atom. The van der Waals surface area contributed by atoms with Gasteiger partial charge in [-0.3, -0.25) is 13.9 Å². The molecule has 0 fully saturated rings. The molecule has 1 heterocycles. The van der Waals surface area contributed by atoms with E-state index in [9.17, 15) is 35.9 Å². The summed E-state index contributed by atoms with van der Waals surface area (Å²) in [5.74, 6) is -3.74. The first-order valence-electron chi connectivity index (χ1n) is 12.7. The number of rotatable bonds is 8. The molecule has 0 aliphatic rings. The van der Waals surface area contributed by atoms with Crippen LogP contribution in [-0.2, 0) is 24.1 Å². The van der Waals surface area contributed by atoms with Crippen LogP contribution in [0.3, 0.4) is 0 Å². The largest absolute Gasteiger partial charge is 0.490 e. The summed E-state index contributed by atoms with van der Waals surface area (Å²) in [5.41, 5.74) is 3.97. The molecule has 226 valence electrons. The summed E-state index contributed by atoms with van der Waals surface area (Å²) in [7, 11) is 0. The number of imidazole rings is 1. The summed E-state index contributed by atoms with van der Waals surface area (Å²) in [5, 5.41) is 8.91. The molecule has 3 aromatic carbocycles. The van der Waals surface area contributed by atoms with Crippen LogP contribution < -0.4 is 11.4 Å². The number of likely N-dealkylation sites (N-methyl/N-ethyl adjacent to an activating group) is 1. The van der Waals surface area contributed by atoms with Crippen molar-refractivity contribution in [2.75, 3.05) is 19.6 Å². The van der Waals surface area contributed by atoms with Crippen molar-refractivity contribution >= 4 is 33.7 Å². The molecular weight excluding hydrogens is 570 g/mol. The van der Waals surface area contributed by atoms with Gasteiger partial charge in [0.1, 0.15) is 0 Å². The minimum absolute atomic E-state index is 0.0472. The number of nitrogens with two attached hydrogens (primary N) is 1. The molecule has 1 aromatic heterocycles. The number of carboxylic acid groups (broad SMARTS) is 1. The fourth-order valence-electron chi connectivity index (χ4n) is 4.56. The van der Waals surface area contributed by atoms with E-state index in [1.54, 1.807) is 6.07 Å². The number of carbonyl (C=O) groups excluding carboxylic acids is 1. The molecule has 42 heavy (non-hydrogen) atoms. The number of aliphatic carboxylic acids is 1. The van der Waals surface area contributed by atoms with Crippen LogP contribution >= 0.6 is 0 Å². The third-order valence-electron chi connectivity index (χ3n) is 6.69. The van der Waals surface area contributed by atoms with E-state index in [0.29, 0.717) is 6.54 Å². The molecule has 0 saturated heterocycles. The number of carboxylic acids is 1. The fraction of sp³-hybridized carbons (Fsp3) is 0.321. The fourth-order valence-corrected chi connectivity index (χ4v) is 4.56. The minimum atomic E-state index is -5.08. The lowest BCUT2D eigenvalue weighted by atomic mass is 10.0. The Hall–Kier alpha value is -4.33. The normalized spacial score (nSPS) is 12.0. The van der Waals surface area contributed by atoms with Crippen LogP contribution in [0.1, 0.15) is 35.3 Å². The number of aromatic nitrogens is 2. The van der Waals surface area contributed by atoms with Gasteiger partial charge in [0.2, 0.25) is 5.91 Å². The molecule has 4 rings (SSSR count). The third-order valence-corrected chi connectivity index (χ3v) is 6.69. The van der Waals surface area contributed by atoms with Gasteiger partial charge >= 0.3 is 24.0 Å². The Balaban J connectivity index is 0.000000616. The van der Waals surface area contributed by atoms with Crippen LogP contribution in [-0.4, -0.2) is 56.8 Å². The van der Waals surface area contributed by atoms with Gasteiger partial charge in [0.25, 0.3) is 0 Å². The zero-order valence-electron chi connectivity index (χ0n) is 22.6. The lowest BCUT2D eigenvalue weighted by Gasteiger charge is -2.18. The van der Waals surface area contributed by atoms with Crippen LogP contribution in [0.25, 0.3) is 21.8 Å². The van der Waals surface area contributed by atoms with Gasteiger partial charge in [0, 0.05) is 18.7 Å². The predicted octanol–water partition coefficient (Wildman–Crippen LogP) is 5.10. The van der Waals surface area contributed by atoms with Gasteiger partial charge in [0.15, 0.2) is 0 Å². The first-order chi connectivity index (χ1) is 19.6. The van der Waals surface area contributed by atoms with Crippen LogP contribution in [0.2, 0.25) is 0 Å². The molecule has 0 radical (unpaired) electrons. The molecule has 8 nitrogen and oxygen atoms in total. The Kier molecular flexibility index (Phi) is 9.71. The highest BCUT2D eigenvalue weighted by Gasteiger charge is 2.38. The number of hydrogen-bond donors (Lipinski definition) is 2. The van der Waals surface area contributed by atoms with E-state index in [4.69, 9.17) is 15.6 Å². The maximum absolute atomic E-state index is 14.2. The zero-order valence-corrected chi connectivity index (χ0v) is 22.6. The molecule has 14 heteroatoms. The number of halogens is 6. The van der Waals surface area contributed by atoms with Gasteiger partial charge in [-0.1, -0.05) is 56.3 Å². The Morgan fingerprint density at radius 2 is 1.52 bits per heavy atom. The van der Waals surface area contributed by atoms with Crippen molar-refractivity contribution in [1.29, 1.82) is 0 Å². The average Bonchev–Trinajstić information content (AvgIpc) is 3.18. The second kappa shape index (κ2) is 12.7. The van der Waals surface area contributed by atoms with Crippen LogP contribution in [0.4, 0.5) is 26.3 Å². The van der Waals surface area contributed by atoms with Crippen molar-refractivity contribution in [1.82, 2.24) is 14.0 Å². The molecule has 0 bridgehead atoms. The average molecular weight is 599 g/mol. The highest BCUT2D eigenvalue weighted by atomic mass is 19.4. The number of hydrogen-bond acceptors (Lipinski definition) is 4. The first-order valence-corrected chi connectivity index (χ1v) is 12.7. The number of primary amides is 1. The van der Waals surface area contributed by atoms with Gasteiger partial charge in [-0.05, 0) is 41.6 Å². The molecule has 0 spiro atoms. The van der Waals surface area contributed by atoms with E-state index >= 15 is 0 Å². The van der Waals surface area contributed by atoms with Crippen molar-refractivity contribution in [2.45, 2.75) is 39.3 Å². The monoisotopic (exact) mass is 598 g/mol. The van der Waals surface area contributed by atoms with Crippen molar-refractivity contribution in [2.24, 2.45) is 5.73 Å². The number of benzene rings is 3. The second-order valence-electron chi connectivity index (χ2n) is 9.24. The molecule has 0 unspecified atom stereocenters. The van der Waals surface area contributed by atoms with Crippen molar-refractivity contribution in [3.63, 3.8) is 0 Å². The molecule has 0 saturated carbocycles. The number of nitrogens with zero attached hydrogens (tertiary/aromatic N) is 3. The third kappa shape index (κ3) is 7.11. The van der Waals surface area contributed by atoms with E-state index in [2.05, 4.69) is 4.90 Å². The van der Waals surface area contributed by atoms with Crippen molar-refractivity contribution < 1.29 is 41.0 Å². The quantitative estimate of drug-likeness (QED) is 0.275. The number of alkyl halides is 6. The number of carbonyl (C=O) groups is 2. The van der Waals surface area contributed by atoms with Crippen molar-refractivity contribution in [3.8, 4) is 0 Å². The Labute approximate surface area is 235 Å². The number of fused-ring (bicyclic) bond motifs is 2. The standard InChI is InChI=1S/C26H27F3N4O2.C2HF3O2/c1-3-31(4-2)12-13-32-22-15-19(24(30)34)14-21(26(27,28)29)23(22)33(25(32)35)16-18-10-7-9-17-8-5-6-11-20(17)18;3-2(4,5)1(6)7/h5-11,14-15H,3-4,12-13,16H2,1-2H3,(H2,30,34);(H,6,7). The molecule has 4 aromatic rings. The highest BCUT2D eigenvalue weighted by molar-refractivity contribution is 5.97. The zero-order chi connectivity index (χ0) is 31.4. The van der Waals surface area contributed by atoms with Gasteiger partial charge in [-0.15, -0.1) is 0 Å². The maximum atomic E-state index is 14.2. The summed E-state index contributed by atoms with van der Waals surface area (Å²) in [6, 6.07) is 15.1. The van der Waals surface area contributed by atoms with Gasteiger partial charge in [0.05, 0.1) is 23.1 Å². The highest BCUT2D eigenvalue weighted by Crippen LogP contribution is 2.36. The lowest BCUT2D eigenvalue weighted by Crippen LogP contribution is -2.32. The number of amides is 1. The first kappa shape index (κ1) is 32.2. The van der Waals surface area contributed by atoms with E-state index < -0.39 is 35.5 Å². The second-order valence-corrected chi connectivity index (χ2v) is 9.24. The van der Waals surface area contributed by atoms with Gasteiger partial charge in [-0.2, -0.15) is 26.3 Å². The summed E-state index contributed by atoms with van der Waals surface area (Å²) in [4.78, 5) is 36.4. The van der Waals surface area contributed by atoms with E-state index in [-0.39, 0.29) is 29.7 Å². The molecule has 1 amide bonds. The minimum Gasteiger partial charge on any atom is -0.475 e. The Bertz CT molecular complexity index is 1650. The summed E-state index contributed by atoms with van der Waals surface area (Å²) >= 11 is 0. The topological polar surface area (TPSA) is 111 Å². The predicted molar refractivity (Wildman–Crippen MR) is 144 cm³/mol. The lowest BCUT2D eigenvalue weighted by molar-refractivity contribution is -0.192. The van der Waals surface area contributed by atoms with E-state index in [1.807, 2.05) is 50.2 Å². The van der Waals surface area contributed by atoms with Gasteiger partial charge in [-0.25, -0.2) is 9.59 Å². The molecule has 0 aliphatic heterocycles. The van der Waals surface area contributed by atoms with Crippen LogP contribution in [0.5, 0.6) is 0 Å².